The molecule has 0 spiro atoms. The number of anilines is 2. The fraction of sp³-hybridized carbons (Fsp3) is 0.231. The Kier molecular flexibility index (Phi) is 7.54. The smallest absolute Gasteiger partial charge is 0.265 e. The van der Waals surface area contributed by atoms with E-state index in [4.69, 9.17) is 25.8 Å². The molecule has 8 heteroatoms. The van der Waals surface area contributed by atoms with Crippen molar-refractivity contribution in [2.75, 3.05) is 36.6 Å². The van der Waals surface area contributed by atoms with Crippen LogP contribution in [0.3, 0.4) is 0 Å². The fourth-order valence-corrected chi connectivity index (χ4v) is 3.64. The van der Waals surface area contributed by atoms with Crippen LogP contribution in [0.1, 0.15) is 12.5 Å². The number of benzene rings is 3. The Bertz CT molecular complexity index is 1170. The van der Waals surface area contributed by atoms with Gasteiger partial charge in [0.2, 0.25) is 0 Å². The molecular formula is C26H25ClN2O5. The molecule has 2 amide bonds. The fourth-order valence-electron chi connectivity index (χ4n) is 3.51. The van der Waals surface area contributed by atoms with Gasteiger partial charge in [-0.15, -0.1) is 0 Å². The van der Waals surface area contributed by atoms with Gasteiger partial charge in [-0.2, -0.15) is 0 Å². The number of aryl methyl sites for hydroxylation is 1. The minimum atomic E-state index is -0.303. The summed E-state index contributed by atoms with van der Waals surface area (Å²) in [6.07, 6.45) is 0.889. The second-order valence-electron chi connectivity index (χ2n) is 7.66. The first-order chi connectivity index (χ1) is 16.5. The van der Waals surface area contributed by atoms with Gasteiger partial charge in [-0.25, -0.2) is 0 Å². The summed E-state index contributed by atoms with van der Waals surface area (Å²) in [5.41, 5.74) is 2.25. The molecule has 0 aliphatic carbocycles. The lowest BCUT2D eigenvalue weighted by Crippen LogP contribution is -2.41. The van der Waals surface area contributed by atoms with Crippen molar-refractivity contribution in [1.82, 2.24) is 0 Å². The molecule has 0 atom stereocenters. The number of carbonyl (C=O) groups excluding carboxylic acids is 2. The van der Waals surface area contributed by atoms with Crippen molar-refractivity contribution < 1.29 is 23.8 Å². The third-order valence-corrected chi connectivity index (χ3v) is 5.51. The van der Waals surface area contributed by atoms with E-state index >= 15 is 0 Å². The van der Waals surface area contributed by atoms with Crippen LogP contribution in [0, 0.1) is 0 Å². The minimum Gasteiger partial charge on any atom is -0.492 e. The number of nitrogens with one attached hydrogen (secondary N) is 1. The molecule has 1 N–H and O–H groups in total. The molecule has 0 radical (unpaired) electrons. The number of hydrogen-bond acceptors (Lipinski definition) is 5. The van der Waals surface area contributed by atoms with Crippen molar-refractivity contribution in [3.63, 3.8) is 0 Å². The lowest BCUT2D eigenvalue weighted by molar-refractivity contribution is -0.121. The molecule has 1 aliphatic rings. The van der Waals surface area contributed by atoms with Crippen LogP contribution in [0.5, 0.6) is 17.2 Å². The maximum absolute atomic E-state index is 12.5. The van der Waals surface area contributed by atoms with Crippen molar-refractivity contribution in [2.45, 2.75) is 13.3 Å². The molecule has 176 valence electrons. The first-order valence-corrected chi connectivity index (χ1v) is 11.4. The molecule has 0 bridgehead atoms. The topological polar surface area (TPSA) is 77.1 Å². The second kappa shape index (κ2) is 10.9. The van der Waals surface area contributed by atoms with E-state index in [2.05, 4.69) is 12.2 Å². The first-order valence-electron chi connectivity index (χ1n) is 11.0. The van der Waals surface area contributed by atoms with Crippen LogP contribution in [-0.4, -0.2) is 38.2 Å². The number of halogens is 1. The summed E-state index contributed by atoms with van der Waals surface area (Å²) in [6, 6.07) is 19.8. The summed E-state index contributed by atoms with van der Waals surface area (Å²) in [5, 5.41) is 3.44. The number of carbonyl (C=O) groups is 2. The van der Waals surface area contributed by atoms with E-state index in [1.807, 2.05) is 24.3 Å². The Morgan fingerprint density at radius 3 is 2.68 bits per heavy atom. The van der Waals surface area contributed by atoms with E-state index in [0.29, 0.717) is 40.2 Å². The quantitative estimate of drug-likeness (QED) is 0.479. The van der Waals surface area contributed by atoms with Crippen LogP contribution in [0.2, 0.25) is 5.02 Å². The van der Waals surface area contributed by atoms with Gasteiger partial charge in [-0.3, -0.25) is 9.59 Å². The SMILES string of the molecule is CCc1cccc(OCC(=O)Nc2ccc3c(c2)N(CCOc2ccc(Cl)cc2)C(=O)CO3)c1. The zero-order valence-electron chi connectivity index (χ0n) is 18.8. The highest BCUT2D eigenvalue weighted by Crippen LogP contribution is 2.34. The van der Waals surface area contributed by atoms with Gasteiger partial charge in [0.25, 0.3) is 11.8 Å². The van der Waals surface area contributed by atoms with Crippen LogP contribution in [-0.2, 0) is 16.0 Å². The largest absolute Gasteiger partial charge is 0.492 e. The first kappa shape index (κ1) is 23.4. The molecule has 0 saturated carbocycles. The summed E-state index contributed by atoms with van der Waals surface area (Å²) in [5.74, 6) is 1.38. The molecule has 1 heterocycles. The number of fused-ring (bicyclic) bond motifs is 1. The van der Waals surface area contributed by atoms with E-state index in [-0.39, 0.29) is 31.6 Å². The molecule has 1 aliphatic heterocycles. The number of nitrogens with zero attached hydrogens (tertiary/aromatic N) is 1. The maximum atomic E-state index is 12.5. The lowest BCUT2D eigenvalue weighted by Gasteiger charge is -2.29. The van der Waals surface area contributed by atoms with Crippen molar-refractivity contribution in [3.8, 4) is 17.2 Å². The molecule has 3 aromatic carbocycles. The number of ether oxygens (including phenoxy) is 3. The average molecular weight is 481 g/mol. The molecular weight excluding hydrogens is 456 g/mol. The Labute approximate surface area is 203 Å². The zero-order chi connectivity index (χ0) is 23.9. The standard InChI is InChI=1S/C26H25ClN2O5/c1-2-18-4-3-5-22(14-18)33-16-25(30)28-20-8-11-24-23(15-20)29(26(31)17-34-24)12-13-32-21-9-6-19(27)7-10-21/h3-11,14-15H,2,12-13,16-17H2,1H3,(H,28,30). The van der Waals surface area contributed by atoms with Crippen molar-refractivity contribution in [1.29, 1.82) is 0 Å². The molecule has 7 nitrogen and oxygen atoms in total. The van der Waals surface area contributed by atoms with Crippen molar-refractivity contribution in [3.05, 3.63) is 77.3 Å². The highest BCUT2D eigenvalue weighted by Gasteiger charge is 2.26. The van der Waals surface area contributed by atoms with Gasteiger partial charge >= 0.3 is 0 Å². The van der Waals surface area contributed by atoms with Crippen LogP contribution in [0.25, 0.3) is 0 Å². The van der Waals surface area contributed by atoms with Gasteiger partial charge in [-0.1, -0.05) is 30.7 Å². The van der Waals surface area contributed by atoms with E-state index in [9.17, 15) is 9.59 Å². The molecule has 0 unspecified atom stereocenters. The summed E-state index contributed by atoms with van der Waals surface area (Å²) in [6.45, 7) is 2.49. The number of hydrogen-bond donors (Lipinski definition) is 1. The Morgan fingerprint density at radius 1 is 1.06 bits per heavy atom. The molecule has 0 aromatic heterocycles. The molecule has 0 fully saturated rings. The van der Waals surface area contributed by atoms with Gasteiger partial charge in [0, 0.05) is 10.7 Å². The molecule has 0 saturated heterocycles. The third kappa shape index (κ3) is 5.99. The molecule has 3 aromatic rings. The van der Waals surface area contributed by atoms with Gasteiger partial charge in [0.05, 0.1) is 12.2 Å². The summed E-state index contributed by atoms with van der Waals surface area (Å²) >= 11 is 5.90. The average Bonchev–Trinajstić information content (AvgIpc) is 2.85. The predicted molar refractivity (Wildman–Crippen MR) is 131 cm³/mol. The lowest BCUT2D eigenvalue weighted by atomic mass is 10.2. The zero-order valence-corrected chi connectivity index (χ0v) is 19.5. The van der Waals surface area contributed by atoms with E-state index in [1.54, 1.807) is 47.4 Å². The molecule has 4 rings (SSSR count). The van der Waals surface area contributed by atoms with Gasteiger partial charge in [0.1, 0.15) is 23.9 Å². The number of rotatable bonds is 9. The second-order valence-corrected chi connectivity index (χ2v) is 8.09. The highest BCUT2D eigenvalue weighted by molar-refractivity contribution is 6.30. The third-order valence-electron chi connectivity index (χ3n) is 5.26. The van der Waals surface area contributed by atoms with E-state index in [1.165, 1.54) is 0 Å². The molecule has 34 heavy (non-hydrogen) atoms. The minimum absolute atomic E-state index is 0.0513. The van der Waals surface area contributed by atoms with E-state index < -0.39 is 0 Å². The maximum Gasteiger partial charge on any atom is 0.265 e. The highest BCUT2D eigenvalue weighted by atomic mass is 35.5. The predicted octanol–water partition coefficient (Wildman–Crippen LogP) is 4.72. The van der Waals surface area contributed by atoms with Crippen LogP contribution >= 0.6 is 11.6 Å². The van der Waals surface area contributed by atoms with Gasteiger partial charge in [-0.05, 0) is 66.6 Å². The Balaban J connectivity index is 1.37. The summed E-state index contributed by atoms with van der Waals surface area (Å²) < 4.78 is 16.9. The summed E-state index contributed by atoms with van der Waals surface area (Å²) in [4.78, 5) is 26.5. The van der Waals surface area contributed by atoms with Crippen LogP contribution in [0.15, 0.2) is 66.7 Å². The van der Waals surface area contributed by atoms with Crippen molar-refractivity contribution in [2.24, 2.45) is 0 Å². The van der Waals surface area contributed by atoms with Crippen LogP contribution in [0.4, 0.5) is 11.4 Å². The van der Waals surface area contributed by atoms with Gasteiger partial charge in [0.15, 0.2) is 13.2 Å². The van der Waals surface area contributed by atoms with Crippen LogP contribution < -0.4 is 24.4 Å². The summed E-state index contributed by atoms with van der Waals surface area (Å²) in [7, 11) is 0. The van der Waals surface area contributed by atoms with Crippen molar-refractivity contribution >= 4 is 34.8 Å². The van der Waals surface area contributed by atoms with Gasteiger partial charge < -0.3 is 24.4 Å². The normalized spacial score (nSPS) is 12.5. The Hall–Kier alpha value is -3.71. The Morgan fingerprint density at radius 2 is 1.88 bits per heavy atom. The van der Waals surface area contributed by atoms with E-state index in [0.717, 1.165) is 12.0 Å². The number of amides is 2. The monoisotopic (exact) mass is 480 g/mol.